The molecule has 0 aromatic carbocycles. The fourth-order valence-corrected chi connectivity index (χ4v) is 0.923. The van der Waals surface area contributed by atoms with Crippen molar-refractivity contribution in [3.8, 4) is 0 Å². The molecule has 6 nitrogen and oxygen atoms in total. The van der Waals surface area contributed by atoms with E-state index in [0.29, 0.717) is 5.57 Å². The first kappa shape index (κ1) is 16.9. The van der Waals surface area contributed by atoms with Gasteiger partial charge in [0.1, 0.15) is 6.61 Å². The van der Waals surface area contributed by atoms with Crippen molar-refractivity contribution in [2.45, 2.75) is 26.9 Å². The summed E-state index contributed by atoms with van der Waals surface area (Å²) in [5.74, 6) is -1.58. The zero-order valence-electron chi connectivity index (χ0n) is 11.4. The van der Waals surface area contributed by atoms with Crippen LogP contribution in [0.1, 0.15) is 20.8 Å². The van der Waals surface area contributed by atoms with E-state index in [9.17, 15) is 14.4 Å². The molecule has 0 heterocycles. The third-order valence-electron chi connectivity index (χ3n) is 1.73. The molecule has 0 aromatic heterocycles. The Morgan fingerprint density at radius 3 is 2.32 bits per heavy atom. The van der Waals surface area contributed by atoms with Crippen molar-refractivity contribution in [3.63, 3.8) is 0 Å². The van der Waals surface area contributed by atoms with Gasteiger partial charge in [-0.25, -0.2) is 9.59 Å². The number of ether oxygens (including phenoxy) is 2. The molecule has 0 spiro atoms. The standard InChI is InChI=1S/C13H19NO5/c1-9(2)13(17)14-7-8-18-11(15)5-6-12(16)19-10(3)4/h5-6,10H,1,7-8H2,2-4H3,(H,14,17)/b6-5+. The molecule has 0 aliphatic rings. The van der Waals surface area contributed by atoms with E-state index < -0.39 is 11.9 Å². The molecule has 0 bridgehead atoms. The van der Waals surface area contributed by atoms with E-state index >= 15 is 0 Å². The Morgan fingerprint density at radius 1 is 1.21 bits per heavy atom. The topological polar surface area (TPSA) is 81.7 Å². The molecular formula is C13H19NO5. The third-order valence-corrected chi connectivity index (χ3v) is 1.73. The summed E-state index contributed by atoms with van der Waals surface area (Å²) in [6, 6.07) is 0. The summed E-state index contributed by atoms with van der Waals surface area (Å²) in [5, 5.41) is 2.50. The van der Waals surface area contributed by atoms with Crippen LogP contribution < -0.4 is 5.32 Å². The van der Waals surface area contributed by atoms with E-state index in [-0.39, 0.29) is 25.2 Å². The lowest BCUT2D eigenvalue weighted by Crippen LogP contribution is -2.28. The van der Waals surface area contributed by atoms with Gasteiger partial charge in [0.05, 0.1) is 12.6 Å². The Labute approximate surface area is 112 Å². The quantitative estimate of drug-likeness (QED) is 0.418. The smallest absolute Gasteiger partial charge is 0.331 e. The number of hydrogen-bond donors (Lipinski definition) is 1. The van der Waals surface area contributed by atoms with Gasteiger partial charge < -0.3 is 14.8 Å². The highest BCUT2D eigenvalue weighted by Crippen LogP contribution is 1.91. The molecule has 0 radical (unpaired) electrons. The van der Waals surface area contributed by atoms with Crippen molar-refractivity contribution >= 4 is 17.8 Å². The average molecular weight is 269 g/mol. The highest BCUT2D eigenvalue weighted by atomic mass is 16.5. The number of esters is 2. The van der Waals surface area contributed by atoms with Crippen LogP contribution in [0.4, 0.5) is 0 Å². The second-order valence-corrected chi connectivity index (χ2v) is 4.02. The summed E-state index contributed by atoms with van der Waals surface area (Å²) >= 11 is 0. The SMILES string of the molecule is C=C(C)C(=O)NCCOC(=O)/C=C/C(=O)OC(C)C. The molecule has 0 rings (SSSR count). The second kappa shape index (κ2) is 8.91. The van der Waals surface area contributed by atoms with E-state index in [1.807, 2.05) is 0 Å². The van der Waals surface area contributed by atoms with Crippen LogP contribution >= 0.6 is 0 Å². The predicted molar refractivity (Wildman–Crippen MR) is 69.2 cm³/mol. The van der Waals surface area contributed by atoms with Gasteiger partial charge in [-0.05, 0) is 20.8 Å². The lowest BCUT2D eigenvalue weighted by atomic mass is 10.3. The Bertz CT molecular complexity index is 384. The molecule has 19 heavy (non-hydrogen) atoms. The van der Waals surface area contributed by atoms with Crippen molar-refractivity contribution in [3.05, 3.63) is 24.3 Å². The molecule has 1 N–H and O–H groups in total. The van der Waals surface area contributed by atoms with Crippen LogP contribution in [0.5, 0.6) is 0 Å². The van der Waals surface area contributed by atoms with Gasteiger partial charge in [-0.2, -0.15) is 0 Å². The number of carbonyl (C=O) groups is 3. The first-order valence-corrected chi connectivity index (χ1v) is 5.82. The summed E-state index contributed by atoms with van der Waals surface area (Å²) in [7, 11) is 0. The zero-order chi connectivity index (χ0) is 14.8. The molecule has 0 unspecified atom stereocenters. The van der Waals surface area contributed by atoms with E-state index in [4.69, 9.17) is 9.47 Å². The maximum Gasteiger partial charge on any atom is 0.331 e. The van der Waals surface area contributed by atoms with Crippen molar-refractivity contribution < 1.29 is 23.9 Å². The second-order valence-electron chi connectivity index (χ2n) is 4.02. The van der Waals surface area contributed by atoms with E-state index in [2.05, 4.69) is 11.9 Å². The number of nitrogens with one attached hydrogen (secondary N) is 1. The summed E-state index contributed by atoms with van der Waals surface area (Å²) < 4.78 is 9.53. The number of carbonyl (C=O) groups excluding carboxylic acids is 3. The van der Waals surface area contributed by atoms with E-state index in [0.717, 1.165) is 12.2 Å². The zero-order valence-corrected chi connectivity index (χ0v) is 11.4. The van der Waals surface area contributed by atoms with Crippen LogP contribution in [0.2, 0.25) is 0 Å². The Morgan fingerprint density at radius 2 is 1.79 bits per heavy atom. The third kappa shape index (κ3) is 9.58. The van der Waals surface area contributed by atoms with Crippen molar-refractivity contribution in [1.82, 2.24) is 5.32 Å². The van der Waals surface area contributed by atoms with E-state index in [1.165, 1.54) is 0 Å². The summed E-state index contributed by atoms with van der Waals surface area (Å²) in [4.78, 5) is 33.3. The van der Waals surface area contributed by atoms with Gasteiger partial charge in [-0.3, -0.25) is 4.79 Å². The van der Waals surface area contributed by atoms with Gasteiger partial charge in [0.25, 0.3) is 0 Å². The molecule has 1 amide bonds. The van der Waals surface area contributed by atoms with E-state index in [1.54, 1.807) is 20.8 Å². The maximum atomic E-state index is 11.2. The fraction of sp³-hybridized carbons (Fsp3) is 0.462. The average Bonchev–Trinajstić information content (AvgIpc) is 2.30. The lowest BCUT2D eigenvalue weighted by molar-refractivity contribution is -0.142. The Balaban J connectivity index is 3.82. The lowest BCUT2D eigenvalue weighted by Gasteiger charge is -2.05. The highest BCUT2D eigenvalue weighted by molar-refractivity contribution is 5.92. The molecule has 0 saturated heterocycles. The molecule has 0 saturated carbocycles. The molecule has 106 valence electrons. The predicted octanol–water partition coefficient (Wildman–Crippen LogP) is 0.730. The first-order valence-electron chi connectivity index (χ1n) is 5.82. The number of hydrogen-bond acceptors (Lipinski definition) is 5. The minimum atomic E-state index is -0.676. The van der Waals surface area contributed by atoms with Crippen LogP contribution in [-0.2, 0) is 23.9 Å². The van der Waals surface area contributed by atoms with Crippen LogP contribution in [-0.4, -0.2) is 37.1 Å². The van der Waals surface area contributed by atoms with Crippen LogP contribution in [0, 0.1) is 0 Å². The molecule has 6 heteroatoms. The summed E-state index contributed by atoms with van der Waals surface area (Å²) in [5.41, 5.74) is 0.377. The molecule has 0 aliphatic carbocycles. The molecule has 0 atom stereocenters. The first-order chi connectivity index (χ1) is 8.82. The van der Waals surface area contributed by atoms with Crippen LogP contribution in [0.3, 0.4) is 0 Å². The van der Waals surface area contributed by atoms with Crippen molar-refractivity contribution in [2.75, 3.05) is 13.2 Å². The fourth-order valence-electron chi connectivity index (χ4n) is 0.923. The van der Waals surface area contributed by atoms with Gasteiger partial charge in [-0.15, -0.1) is 0 Å². The van der Waals surface area contributed by atoms with Crippen LogP contribution in [0.15, 0.2) is 24.3 Å². The Kier molecular flexibility index (Phi) is 7.92. The highest BCUT2D eigenvalue weighted by Gasteiger charge is 2.04. The maximum absolute atomic E-state index is 11.2. The number of rotatable bonds is 7. The summed E-state index contributed by atoms with van der Waals surface area (Å²) in [6.45, 7) is 8.64. The van der Waals surface area contributed by atoms with Crippen LogP contribution in [0.25, 0.3) is 0 Å². The van der Waals surface area contributed by atoms with Crippen molar-refractivity contribution in [2.24, 2.45) is 0 Å². The van der Waals surface area contributed by atoms with Gasteiger partial charge in [0, 0.05) is 17.7 Å². The van der Waals surface area contributed by atoms with Gasteiger partial charge in [0.15, 0.2) is 0 Å². The van der Waals surface area contributed by atoms with Gasteiger partial charge >= 0.3 is 11.9 Å². The molecule has 0 aromatic rings. The summed E-state index contributed by atoms with van der Waals surface area (Å²) in [6.07, 6.45) is 1.73. The monoisotopic (exact) mass is 269 g/mol. The van der Waals surface area contributed by atoms with Gasteiger partial charge in [-0.1, -0.05) is 6.58 Å². The Hall–Kier alpha value is -2.11. The molecule has 0 aliphatic heterocycles. The van der Waals surface area contributed by atoms with Crippen molar-refractivity contribution in [1.29, 1.82) is 0 Å². The number of amides is 1. The largest absolute Gasteiger partial charge is 0.461 e. The molecular weight excluding hydrogens is 250 g/mol. The van der Waals surface area contributed by atoms with Gasteiger partial charge in [0.2, 0.25) is 5.91 Å². The molecule has 0 fully saturated rings. The minimum absolute atomic E-state index is 0.0153. The normalized spacial score (nSPS) is 10.3. The minimum Gasteiger partial charge on any atom is -0.461 e.